The highest BCUT2D eigenvalue weighted by Crippen LogP contribution is 2.24. The molecule has 0 N–H and O–H groups in total. The van der Waals surface area contributed by atoms with Crippen LogP contribution in [0.3, 0.4) is 0 Å². The van der Waals surface area contributed by atoms with Crippen molar-refractivity contribution in [3.8, 4) is 5.75 Å². The topological polar surface area (TPSA) is 81.1 Å². The number of benzene rings is 1. The minimum absolute atomic E-state index is 0.199. The van der Waals surface area contributed by atoms with E-state index >= 15 is 0 Å². The fourth-order valence-electron chi connectivity index (χ4n) is 3.73. The number of rotatable bonds is 7. The zero-order valence-corrected chi connectivity index (χ0v) is 18.6. The summed E-state index contributed by atoms with van der Waals surface area (Å²) in [7, 11) is 5.18. The molecule has 8 nitrogen and oxygen atoms in total. The minimum Gasteiger partial charge on any atom is -0.492 e. The van der Waals surface area contributed by atoms with E-state index < -0.39 is 11.8 Å². The number of halogens is 1. The normalized spacial score (nSPS) is 13.5. The third-order valence-electron chi connectivity index (χ3n) is 5.37. The number of amides is 1. The maximum atomic E-state index is 13.2. The SMILES string of the molecule is COC(=O)c1c(OCCCN(C)C)cc(=O)n2c1CCN(C(=O)c1ccc(F)cc1)CC2. The lowest BCUT2D eigenvalue weighted by atomic mass is 10.1. The van der Waals surface area contributed by atoms with Gasteiger partial charge in [0.2, 0.25) is 0 Å². The van der Waals surface area contributed by atoms with Crippen molar-refractivity contribution < 1.29 is 23.5 Å². The van der Waals surface area contributed by atoms with Gasteiger partial charge in [-0.15, -0.1) is 0 Å². The van der Waals surface area contributed by atoms with Crippen LogP contribution in [0, 0.1) is 5.82 Å². The number of carbonyl (C=O) groups excluding carboxylic acids is 2. The first kappa shape index (κ1) is 23.5. The van der Waals surface area contributed by atoms with E-state index in [0.29, 0.717) is 24.4 Å². The summed E-state index contributed by atoms with van der Waals surface area (Å²) in [6, 6.07) is 6.64. The van der Waals surface area contributed by atoms with Gasteiger partial charge in [0.1, 0.15) is 17.1 Å². The van der Waals surface area contributed by atoms with Gasteiger partial charge in [0.15, 0.2) is 0 Å². The predicted octanol–water partition coefficient (Wildman–Crippen LogP) is 1.80. The number of carbonyl (C=O) groups is 2. The Kier molecular flexibility index (Phi) is 7.63. The lowest BCUT2D eigenvalue weighted by Gasteiger charge is -2.20. The van der Waals surface area contributed by atoms with Crippen LogP contribution >= 0.6 is 0 Å². The number of hydrogen-bond donors (Lipinski definition) is 0. The molecule has 1 aliphatic heterocycles. The molecule has 0 bridgehead atoms. The van der Waals surface area contributed by atoms with Gasteiger partial charge in [-0.1, -0.05) is 0 Å². The molecular weight excluding hydrogens is 417 g/mol. The molecule has 0 aliphatic carbocycles. The van der Waals surface area contributed by atoms with Crippen molar-refractivity contribution in [2.45, 2.75) is 19.4 Å². The molecule has 0 spiro atoms. The molecule has 1 aromatic heterocycles. The number of aromatic nitrogens is 1. The van der Waals surface area contributed by atoms with Crippen LogP contribution in [0.2, 0.25) is 0 Å². The molecule has 2 heterocycles. The van der Waals surface area contributed by atoms with Crippen LogP contribution in [0.15, 0.2) is 35.1 Å². The molecule has 9 heteroatoms. The van der Waals surface area contributed by atoms with Crippen molar-refractivity contribution in [3.05, 3.63) is 63.3 Å². The minimum atomic E-state index is -0.588. The number of nitrogens with zero attached hydrogens (tertiary/aromatic N) is 3. The van der Waals surface area contributed by atoms with Crippen molar-refractivity contribution in [2.24, 2.45) is 0 Å². The predicted molar refractivity (Wildman–Crippen MR) is 117 cm³/mol. The van der Waals surface area contributed by atoms with Gasteiger partial charge >= 0.3 is 5.97 Å². The number of fused-ring (bicyclic) bond motifs is 1. The monoisotopic (exact) mass is 445 g/mol. The van der Waals surface area contributed by atoms with Crippen LogP contribution < -0.4 is 10.3 Å². The Morgan fingerprint density at radius 3 is 2.50 bits per heavy atom. The largest absolute Gasteiger partial charge is 0.492 e. The van der Waals surface area contributed by atoms with Gasteiger partial charge in [0.25, 0.3) is 11.5 Å². The second-order valence-corrected chi connectivity index (χ2v) is 7.87. The van der Waals surface area contributed by atoms with Crippen molar-refractivity contribution in [1.29, 1.82) is 0 Å². The van der Waals surface area contributed by atoms with E-state index in [1.165, 1.54) is 42.0 Å². The smallest absolute Gasteiger partial charge is 0.343 e. The highest BCUT2D eigenvalue weighted by atomic mass is 19.1. The summed E-state index contributed by atoms with van der Waals surface area (Å²) in [5, 5.41) is 0. The first-order valence-corrected chi connectivity index (χ1v) is 10.5. The van der Waals surface area contributed by atoms with Gasteiger partial charge in [-0.05, 0) is 44.8 Å². The summed E-state index contributed by atoms with van der Waals surface area (Å²) in [6.07, 6.45) is 1.01. The Hall–Kier alpha value is -3.20. The third-order valence-corrected chi connectivity index (χ3v) is 5.37. The van der Waals surface area contributed by atoms with Crippen molar-refractivity contribution in [1.82, 2.24) is 14.4 Å². The van der Waals surface area contributed by atoms with Crippen LogP contribution in [-0.2, 0) is 17.7 Å². The molecule has 32 heavy (non-hydrogen) atoms. The van der Waals surface area contributed by atoms with Crippen LogP contribution in [0.4, 0.5) is 4.39 Å². The quantitative estimate of drug-likeness (QED) is 0.478. The third kappa shape index (κ3) is 5.34. The average molecular weight is 445 g/mol. The summed E-state index contributed by atoms with van der Waals surface area (Å²) < 4.78 is 25.5. The molecule has 1 aromatic carbocycles. The molecule has 2 aromatic rings. The van der Waals surface area contributed by atoms with Gasteiger partial charge in [0, 0.05) is 49.9 Å². The van der Waals surface area contributed by atoms with Gasteiger partial charge in [-0.25, -0.2) is 9.18 Å². The second-order valence-electron chi connectivity index (χ2n) is 7.87. The summed E-state index contributed by atoms with van der Waals surface area (Å²) in [4.78, 5) is 41.9. The highest BCUT2D eigenvalue weighted by molar-refractivity contribution is 5.95. The Bertz CT molecular complexity index is 1030. The Morgan fingerprint density at radius 1 is 1.12 bits per heavy atom. The molecule has 0 saturated heterocycles. The summed E-state index contributed by atoms with van der Waals surface area (Å²) in [5.41, 5.74) is 0.767. The van der Waals surface area contributed by atoms with Gasteiger partial charge in [0.05, 0.1) is 13.7 Å². The van der Waals surface area contributed by atoms with E-state index in [2.05, 4.69) is 0 Å². The number of esters is 1. The van der Waals surface area contributed by atoms with E-state index in [1.807, 2.05) is 19.0 Å². The molecule has 3 rings (SSSR count). The lowest BCUT2D eigenvalue weighted by molar-refractivity contribution is 0.0593. The van der Waals surface area contributed by atoms with E-state index in [1.54, 1.807) is 4.90 Å². The second kappa shape index (κ2) is 10.4. The fourth-order valence-corrected chi connectivity index (χ4v) is 3.73. The number of hydrogen-bond acceptors (Lipinski definition) is 6. The van der Waals surface area contributed by atoms with Crippen LogP contribution in [-0.4, -0.2) is 73.7 Å². The summed E-state index contributed by atoms with van der Waals surface area (Å²) in [5.74, 6) is -1.07. The van der Waals surface area contributed by atoms with Gasteiger partial charge in [-0.2, -0.15) is 0 Å². The van der Waals surface area contributed by atoms with E-state index in [0.717, 1.165) is 13.0 Å². The lowest BCUT2D eigenvalue weighted by Crippen LogP contribution is -2.34. The molecule has 0 unspecified atom stereocenters. The Labute approximate surface area is 186 Å². The molecule has 0 radical (unpaired) electrons. The molecule has 0 atom stereocenters. The van der Waals surface area contributed by atoms with Crippen LogP contribution in [0.1, 0.15) is 32.8 Å². The first-order valence-electron chi connectivity index (χ1n) is 10.5. The van der Waals surface area contributed by atoms with Gasteiger partial charge in [-0.3, -0.25) is 9.59 Å². The van der Waals surface area contributed by atoms with Crippen molar-refractivity contribution >= 4 is 11.9 Å². The molecule has 0 saturated carbocycles. The summed E-state index contributed by atoms with van der Waals surface area (Å²) in [6.45, 7) is 1.96. The average Bonchev–Trinajstić information content (AvgIpc) is 3.00. The van der Waals surface area contributed by atoms with E-state index in [4.69, 9.17) is 9.47 Å². The van der Waals surface area contributed by atoms with Crippen LogP contribution in [0.5, 0.6) is 5.75 Å². The number of ether oxygens (including phenoxy) is 2. The standard InChI is InChI=1S/C23H28FN3O5/c1-25(2)10-4-14-32-19-15-20(28)27-13-12-26(11-9-18(27)21(19)23(30)31-3)22(29)16-5-7-17(24)8-6-16/h5-8,15H,4,9-14H2,1-3H3. The molecule has 1 amide bonds. The maximum Gasteiger partial charge on any atom is 0.343 e. The van der Waals surface area contributed by atoms with Crippen molar-refractivity contribution in [2.75, 3.05) is 47.4 Å². The van der Waals surface area contributed by atoms with E-state index in [9.17, 15) is 18.8 Å². The van der Waals surface area contributed by atoms with Gasteiger partial charge < -0.3 is 23.8 Å². The first-order chi connectivity index (χ1) is 15.3. The highest BCUT2D eigenvalue weighted by Gasteiger charge is 2.27. The maximum absolute atomic E-state index is 13.2. The fraction of sp³-hybridized carbons (Fsp3) is 0.435. The molecule has 0 fully saturated rings. The zero-order valence-electron chi connectivity index (χ0n) is 18.6. The Morgan fingerprint density at radius 2 is 1.84 bits per heavy atom. The molecular formula is C23H28FN3O5. The molecule has 1 aliphatic rings. The molecule has 172 valence electrons. The Balaban J connectivity index is 1.87. The van der Waals surface area contributed by atoms with Crippen molar-refractivity contribution in [3.63, 3.8) is 0 Å². The summed E-state index contributed by atoms with van der Waals surface area (Å²) >= 11 is 0. The number of pyridine rings is 1. The zero-order chi connectivity index (χ0) is 23.3. The van der Waals surface area contributed by atoms with E-state index in [-0.39, 0.29) is 42.3 Å². The number of methoxy groups -OCH3 is 1. The van der Waals surface area contributed by atoms with Crippen LogP contribution in [0.25, 0.3) is 0 Å².